The highest BCUT2D eigenvalue weighted by atomic mass is 31.2. The predicted molar refractivity (Wildman–Crippen MR) is 138 cm³/mol. The lowest BCUT2D eigenvalue weighted by molar-refractivity contribution is -0.146. The van der Waals surface area contributed by atoms with Crippen molar-refractivity contribution < 1.29 is 27.9 Å². The van der Waals surface area contributed by atoms with Gasteiger partial charge in [-0.2, -0.15) is 5.09 Å². The molecular formula is C26H30N3O8P. The molecule has 2 heterocycles. The molecule has 202 valence electrons. The zero-order valence-corrected chi connectivity index (χ0v) is 21.9. The first-order valence-corrected chi connectivity index (χ1v) is 13.7. The third-order valence-electron chi connectivity index (χ3n) is 5.91. The first-order valence-electron chi connectivity index (χ1n) is 12.2. The first kappa shape index (κ1) is 27.5. The van der Waals surface area contributed by atoms with Crippen LogP contribution in [-0.4, -0.2) is 34.3 Å². The zero-order valence-electron chi connectivity index (χ0n) is 21.0. The maximum absolute atomic E-state index is 13.7. The molecule has 1 aliphatic rings. The molecule has 4 rings (SSSR count). The Morgan fingerprint density at radius 3 is 2.50 bits per heavy atom. The molecule has 0 saturated carbocycles. The van der Waals surface area contributed by atoms with Crippen LogP contribution in [0.15, 0.2) is 82.5 Å². The summed E-state index contributed by atoms with van der Waals surface area (Å²) in [6, 6.07) is 17.9. The van der Waals surface area contributed by atoms with Gasteiger partial charge in [-0.05, 0) is 31.0 Å². The fraction of sp³-hybridized carbons (Fsp3) is 0.346. The van der Waals surface area contributed by atoms with Crippen LogP contribution in [0.4, 0.5) is 0 Å². The monoisotopic (exact) mass is 543 g/mol. The van der Waals surface area contributed by atoms with Crippen molar-refractivity contribution in [2.24, 2.45) is 5.92 Å². The van der Waals surface area contributed by atoms with E-state index in [9.17, 15) is 18.9 Å². The molecule has 3 aromatic rings. The number of aromatic nitrogens is 2. The standard InChI is InChI=1S/C26H30N3O8P/c1-18-15-22(36-24(18)29-14-13-23(30)27-26(29)32)17-35-38(33,37-21-11-7-4-8-12-21)28-19(2)25(31)34-16-20-9-5-3-6-10-20/h3-14,18-19,22,24H,15-17H2,1-2H3,(H,28,33)(H,27,30,32). The summed E-state index contributed by atoms with van der Waals surface area (Å²) < 4.78 is 37.8. The van der Waals surface area contributed by atoms with E-state index in [1.165, 1.54) is 23.8 Å². The zero-order chi connectivity index (χ0) is 27.1. The second-order valence-corrected chi connectivity index (χ2v) is 10.7. The molecule has 1 saturated heterocycles. The van der Waals surface area contributed by atoms with Crippen LogP contribution in [0.2, 0.25) is 0 Å². The number of nitrogens with one attached hydrogen (secondary N) is 2. The smallest absolute Gasteiger partial charge is 0.459 e. The summed E-state index contributed by atoms with van der Waals surface area (Å²) in [5.74, 6) is -0.439. The summed E-state index contributed by atoms with van der Waals surface area (Å²) in [5, 5.41) is 2.66. The number of nitrogens with zero attached hydrogens (tertiary/aromatic N) is 1. The molecule has 12 heteroatoms. The number of aromatic amines is 1. The van der Waals surface area contributed by atoms with E-state index in [1.807, 2.05) is 37.3 Å². The van der Waals surface area contributed by atoms with Gasteiger partial charge in [0.25, 0.3) is 5.56 Å². The molecule has 0 bridgehead atoms. The van der Waals surface area contributed by atoms with Crippen molar-refractivity contribution in [1.29, 1.82) is 0 Å². The van der Waals surface area contributed by atoms with Gasteiger partial charge in [-0.25, -0.2) is 9.36 Å². The average Bonchev–Trinajstić information content (AvgIpc) is 3.27. The van der Waals surface area contributed by atoms with E-state index in [0.29, 0.717) is 6.42 Å². The van der Waals surface area contributed by atoms with Gasteiger partial charge in [0.1, 0.15) is 24.6 Å². The number of H-pyrrole nitrogens is 1. The van der Waals surface area contributed by atoms with Gasteiger partial charge in [0.05, 0.1) is 12.7 Å². The molecule has 0 spiro atoms. The van der Waals surface area contributed by atoms with Gasteiger partial charge in [-0.1, -0.05) is 55.5 Å². The molecule has 38 heavy (non-hydrogen) atoms. The minimum absolute atomic E-state index is 0.0652. The van der Waals surface area contributed by atoms with E-state index in [4.69, 9.17) is 18.5 Å². The largest absolute Gasteiger partial charge is 0.460 e. The number of rotatable bonds is 11. The normalized spacial score (nSPS) is 21.4. The minimum atomic E-state index is -4.07. The topological polar surface area (TPSA) is 138 Å². The van der Waals surface area contributed by atoms with Crippen molar-refractivity contribution >= 4 is 13.7 Å². The van der Waals surface area contributed by atoms with Gasteiger partial charge >= 0.3 is 19.4 Å². The van der Waals surface area contributed by atoms with Crippen molar-refractivity contribution in [3.05, 3.63) is 99.3 Å². The highest BCUT2D eigenvalue weighted by Gasteiger charge is 2.38. The molecule has 1 aromatic heterocycles. The number of esters is 1. The number of benzene rings is 2. The number of ether oxygens (including phenoxy) is 2. The van der Waals surface area contributed by atoms with E-state index in [1.54, 1.807) is 30.3 Å². The number of para-hydroxylation sites is 1. The summed E-state index contributed by atoms with van der Waals surface area (Å²) >= 11 is 0. The Labute approximate surface area is 219 Å². The molecule has 5 unspecified atom stereocenters. The van der Waals surface area contributed by atoms with Gasteiger partial charge in [0, 0.05) is 18.2 Å². The average molecular weight is 544 g/mol. The lowest BCUT2D eigenvalue weighted by atomic mass is 10.1. The van der Waals surface area contributed by atoms with E-state index in [0.717, 1.165) is 5.56 Å². The van der Waals surface area contributed by atoms with E-state index in [2.05, 4.69) is 10.1 Å². The first-order chi connectivity index (χ1) is 18.2. The van der Waals surface area contributed by atoms with E-state index in [-0.39, 0.29) is 24.9 Å². The van der Waals surface area contributed by atoms with Crippen LogP contribution in [0, 0.1) is 5.92 Å². The number of hydrogen-bond acceptors (Lipinski definition) is 8. The van der Waals surface area contributed by atoms with Gasteiger partial charge in [0.2, 0.25) is 0 Å². The second-order valence-electron chi connectivity index (χ2n) is 9.02. The maximum Gasteiger partial charge on any atom is 0.459 e. The molecule has 2 aromatic carbocycles. The molecule has 0 radical (unpaired) electrons. The Bertz CT molecular complexity index is 1380. The summed E-state index contributed by atoms with van der Waals surface area (Å²) in [5.41, 5.74) is -0.270. The highest BCUT2D eigenvalue weighted by molar-refractivity contribution is 7.52. The van der Waals surface area contributed by atoms with Crippen molar-refractivity contribution in [3.63, 3.8) is 0 Å². The summed E-state index contributed by atoms with van der Waals surface area (Å²) in [4.78, 5) is 38.4. The number of carbonyl (C=O) groups is 1. The van der Waals surface area contributed by atoms with Gasteiger partial charge in [0.15, 0.2) is 0 Å². The molecule has 0 aliphatic carbocycles. The molecule has 0 amide bonds. The Hall–Kier alpha value is -3.50. The Morgan fingerprint density at radius 1 is 1.13 bits per heavy atom. The van der Waals surface area contributed by atoms with Crippen molar-refractivity contribution in [2.75, 3.05) is 6.61 Å². The van der Waals surface area contributed by atoms with Crippen molar-refractivity contribution in [3.8, 4) is 5.75 Å². The van der Waals surface area contributed by atoms with Gasteiger partial charge in [-0.3, -0.25) is 23.7 Å². The maximum atomic E-state index is 13.7. The molecule has 5 atom stereocenters. The molecule has 2 N–H and O–H groups in total. The lowest BCUT2D eigenvalue weighted by Crippen LogP contribution is -2.35. The minimum Gasteiger partial charge on any atom is -0.460 e. The fourth-order valence-electron chi connectivity index (χ4n) is 4.03. The van der Waals surface area contributed by atoms with Crippen molar-refractivity contribution in [1.82, 2.24) is 14.6 Å². The van der Waals surface area contributed by atoms with Gasteiger partial charge < -0.3 is 14.0 Å². The quantitative estimate of drug-likeness (QED) is 0.275. The predicted octanol–water partition coefficient (Wildman–Crippen LogP) is 3.39. The summed E-state index contributed by atoms with van der Waals surface area (Å²) in [7, 11) is -4.07. The van der Waals surface area contributed by atoms with E-state index < -0.39 is 43.3 Å². The van der Waals surface area contributed by atoms with Crippen LogP contribution in [-0.2, 0) is 30.0 Å². The van der Waals surface area contributed by atoms with Crippen LogP contribution < -0.4 is 20.9 Å². The summed E-state index contributed by atoms with van der Waals surface area (Å²) in [6.45, 7) is 3.33. The molecule has 1 aliphatic heterocycles. The van der Waals surface area contributed by atoms with Crippen LogP contribution in [0.1, 0.15) is 32.1 Å². The third kappa shape index (κ3) is 7.29. The molecule has 11 nitrogen and oxygen atoms in total. The molecule has 1 fully saturated rings. The Kier molecular flexibility index (Phi) is 8.96. The third-order valence-corrected chi connectivity index (χ3v) is 7.55. The van der Waals surface area contributed by atoms with E-state index >= 15 is 0 Å². The fourth-order valence-corrected chi connectivity index (χ4v) is 5.55. The highest BCUT2D eigenvalue weighted by Crippen LogP contribution is 2.46. The van der Waals surface area contributed by atoms with Crippen LogP contribution >= 0.6 is 7.75 Å². The van der Waals surface area contributed by atoms with Crippen molar-refractivity contribution in [2.45, 2.75) is 45.2 Å². The second kappa shape index (κ2) is 12.4. The van der Waals surface area contributed by atoms with Gasteiger partial charge in [-0.15, -0.1) is 0 Å². The van der Waals surface area contributed by atoms with Crippen LogP contribution in [0.25, 0.3) is 0 Å². The molecular weight excluding hydrogens is 513 g/mol. The number of carbonyl (C=O) groups excluding carboxylic acids is 1. The lowest BCUT2D eigenvalue weighted by Gasteiger charge is -2.24. The Balaban J connectivity index is 1.41. The van der Waals surface area contributed by atoms with Crippen LogP contribution in [0.5, 0.6) is 5.75 Å². The summed E-state index contributed by atoms with van der Waals surface area (Å²) in [6.07, 6.45) is 0.709. The SMILES string of the molecule is CC(NP(=O)(OCC1CC(C)C(n2ccc(=O)[nH]c2=O)O1)Oc1ccccc1)C(=O)OCc1ccccc1. The Morgan fingerprint density at radius 2 is 1.82 bits per heavy atom. The number of hydrogen-bond donors (Lipinski definition) is 2. The van der Waals surface area contributed by atoms with Crippen LogP contribution in [0.3, 0.4) is 0 Å².